The summed E-state index contributed by atoms with van der Waals surface area (Å²) in [6.45, 7) is 10.7. The zero-order valence-electron chi connectivity index (χ0n) is 17.7. The van der Waals surface area contributed by atoms with Crippen LogP contribution in [0.4, 0.5) is 5.69 Å². The van der Waals surface area contributed by atoms with E-state index in [0.29, 0.717) is 12.5 Å². The Kier molecular flexibility index (Phi) is 6.00. The van der Waals surface area contributed by atoms with Crippen LogP contribution in [0.15, 0.2) is 54.6 Å². The minimum absolute atomic E-state index is 0.295. The lowest BCUT2D eigenvalue weighted by molar-refractivity contribution is -0.892. The Bertz CT molecular complexity index is 882. The van der Waals surface area contributed by atoms with Crippen molar-refractivity contribution < 1.29 is 9.69 Å². The second-order valence-corrected chi connectivity index (χ2v) is 8.32. The van der Waals surface area contributed by atoms with Crippen molar-refractivity contribution in [3.63, 3.8) is 0 Å². The average Bonchev–Trinajstić information content (AvgIpc) is 2.77. The molecule has 4 heteroatoms. The van der Waals surface area contributed by atoms with Crippen LogP contribution < -0.4 is 9.80 Å². The normalized spacial score (nSPS) is 17.9. The van der Waals surface area contributed by atoms with E-state index in [2.05, 4.69) is 67.3 Å². The molecule has 0 bridgehead atoms. The SMILES string of the molecule is Cc1cccc(N2CC[NH+](CC(=O)N3CC=C(c4ccccc4)CC3)CC2)c1C. The molecule has 2 aromatic carbocycles. The first kappa shape index (κ1) is 19.7. The van der Waals surface area contributed by atoms with Crippen molar-refractivity contribution in [3.05, 3.63) is 71.3 Å². The number of hydrogen-bond acceptors (Lipinski definition) is 2. The number of aryl methyl sites for hydroxylation is 1. The molecule has 0 aromatic heterocycles. The summed E-state index contributed by atoms with van der Waals surface area (Å²) in [7, 11) is 0. The molecule has 0 unspecified atom stereocenters. The van der Waals surface area contributed by atoms with E-state index in [1.54, 1.807) is 0 Å². The highest BCUT2D eigenvalue weighted by molar-refractivity contribution is 5.79. The van der Waals surface area contributed by atoms with E-state index >= 15 is 0 Å². The number of rotatable bonds is 4. The molecule has 2 aliphatic heterocycles. The fraction of sp³-hybridized carbons (Fsp3) is 0.400. The van der Waals surface area contributed by atoms with Crippen LogP contribution in [-0.4, -0.2) is 56.6 Å². The number of hydrogen-bond donors (Lipinski definition) is 1. The summed E-state index contributed by atoms with van der Waals surface area (Å²) in [5.74, 6) is 0.295. The molecule has 1 fully saturated rings. The van der Waals surface area contributed by atoms with Crippen molar-refractivity contribution in [2.24, 2.45) is 0 Å². The van der Waals surface area contributed by atoms with Crippen molar-refractivity contribution >= 4 is 17.2 Å². The zero-order chi connectivity index (χ0) is 20.2. The maximum atomic E-state index is 12.8. The van der Waals surface area contributed by atoms with Gasteiger partial charge in [-0.2, -0.15) is 0 Å². The first-order valence-corrected chi connectivity index (χ1v) is 10.8. The molecule has 0 atom stereocenters. The van der Waals surface area contributed by atoms with Gasteiger partial charge in [0.25, 0.3) is 5.91 Å². The Balaban J connectivity index is 1.28. The number of carbonyl (C=O) groups is 1. The molecule has 0 spiro atoms. The van der Waals surface area contributed by atoms with Gasteiger partial charge in [0, 0.05) is 18.8 Å². The summed E-state index contributed by atoms with van der Waals surface area (Å²) >= 11 is 0. The van der Waals surface area contributed by atoms with E-state index in [4.69, 9.17) is 0 Å². The van der Waals surface area contributed by atoms with E-state index in [1.165, 1.54) is 32.9 Å². The van der Waals surface area contributed by atoms with E-state index in [9.17, 15) is 4.79 Å². The topological polar surface area (TPSA) is 28.0 Å². The molecular weight excluding hydrogens is 358 g/mol. The predicted octanol–water partition coefficient (Wildman–Crippen LogP) is 2.32. The van der Waals surface area contributed by atoms with Crippen LogP contribution in [0.1, 0.15) is 23.1 Å². The highest BCUT2D eigenvalue weighted by Gasteiger charge is 2.26. The number of carbonyl (C=O) groups excluding carboxylic acids is 1. The fourth-order valence-corrected chi connectivity index (χ4v) is 4.45. The van der Waals surface area contributed by atoms with Gasteiger partial charge in [-0.3, -0.25) is 4.79 Å². The summed E-state index contributed by atoms with van der Waals surface area (Å²) in [4.78, 5) is 18.7. The Morgan fingerprint density at radius 1 is 0.966 bits per heavy atom. The van der Waals surface area contributed by atoms with Crippen LogP contribution in [0.2, 0.25) is 0 Å². The lowest BCUT2D eigenvalue weighted by Crippen LogP contribution is -3.16. The van der Waals surface area contributed by atoms with Crippen LogP contribution in [0.25, 0.3) is 5.57 Å². The van der Waals surface area contributed by atoms with Crippen LogP contribution in [0.5, 0.6) is 0 Å². The standard InChI is InChI=1S/C25H31N3O/c1-20-7-6-10-24(21(20)2)27-17-15-26(16-18-27)19-25(29)28-13-11-23(12-14-28)22-8-4-3-5-9-22/h3-11H,12-19H2,1-2H3/p+1. The molecular formula is C25H32N3O+. The third kappa shape index (κ3) is 4.54. The van der Waals surface area contributed by atoms with E-state index in [-0.39, 0.29) is 0 Å². The molecule has 4 rings (SSSR count). The summed E-state index contributed by atoms with van der Waals surface area (Å²) in [5, 5.41) is 0. The van der Waals surface area contributed by atoms with E-state index < -0.39 is 0 Å². The van der Waals surface area contributed by atoms with Gasteiger partial charge >= 0.3 is 0 Å². The van der Waals surface area contributed by atoms with Crippen molar-refractivity contribution in [2.45, 2.75) is 20.3 Å². The van der Waals surface area contributed by atoms with Crippen LogP contribution in [0.3, 0.4) is 0 Å². The van der Waals surface area contributed by atoms with Crippen molar-refractivity contribution in [1.82, 2.24) is 4.90 Å². The van der Waals surface area contributed by atoms with Gasteiger partial charge in [0.05, 0.1) is 26.2 Å². The fourth-order valence-electron chi connectivity index (χ4n) is 4.45. The molecule has 2 aromatic rings. The zero-order valence-corrected chi connectivity index (χ0v) is 17.7. The van der Waals surface area contributed by atoms with E-state index in [1.807, 2.05) is 11.0 Å². The molecule has 2 aliphatic rings. The van der Waals surface area contributed by atoms with Gasteiger partial charge in [-0.1, -0.05) is 48.5 Å². The molecule has 2 heterocycles. The summed E-state index contributed by atoms with van der Waals surface area (Å²) < 4.78 is 0. The average molecular weight is 391 g/mol. The summed E-state index contributed by atoms with van der Waals surface area (Å²) in [6, 6.07) is 17.1. The predicted molar refractivity (Wildman–Crippen MR) is 119 cm³/mol. The number of nitrogens with one attached hydrogen (secondary N) is 1. The summed E-state index contributed by atoms with van der Waals surface area (Å²) in [5.41, 5.74) is 6.73. The van der Waals surface area contributed by atoms with Crippen LogP contribution >= 0.6 is 0 Å². The Labute approximate surface area is 174 Å². The minimum Gasteiger partial charge on any atom is -0.360 e. The molecule has 0 saturated carbocycles. The summed E-state index contributed by atoms with van der Waals surface area (Å²) in [6.07, 6.45) is 3.18. The van der Waals surface area contributed by atoms with Crippen LogP contribution in [-0.2, 0) is 4.79 Å². The van der Waals surface area contributed by atoms with Crippen molar-refractivity contribution in [1.29, 1.82) is 0 Å². The first-order chi connectivity index (χ1) is 14.1. The van der Waals surface area contributed by atoms with Gasteiger partial charge < -0.3 is 14.7 Å². The molecule has 1 amide bonds. The number of benzene rings is 2. The Morgan fingerprint density at radius 3 is 2.41 bits per heavy atom. The van der Waals surface area contributed by atoms with Gasteiger partial charge in [0.15, 0.2) is 6.54 Å². The number of amides is 1. The molecule has 1 N–H and O–H groups in total. The molecule has 0 radical (unpaired) electrons. The smallest absolute Gasteiger partial charge is 0.278 e. The maximum absolute atomic E-state index is 12.8. The second-order valence-electron chi connectivity index (χ2n) is 8.32. The molecule has 1 saturated heterocycles. The Morgan fingerprint density at radius 2 is 1.72 bits per heavy atom. The highest BCUT2D eigenvalue weighted by Crippen LogP contribution is 2.23. The number of piperazine rings is 1. The monoisotopic (exact) mass is 390 g/mol. The minimum atomic E-state index is 0.295. The van der Waals surface area contributed by atoms with Crippen LogP contribution in [0, 0.1) is 13.8 Å². The molecule has 152 valence electrons. The quantitative estimate of drug-likeness (QED) is 0.868. The van der Waals surface area contributed by atoms with Gasteiger partial charge in [0.2, 0.25) is 0 Å². The third-order valence-electron chi connectivity index (χ3n) is 6.49. The van der Waals surface area contributed by atoms with Crippen molar-refractivity contribution in [3.8, 4) is 0 Å². The third-order valence-corrected chi connectivity index (χ3v) is 6.49. The number of quaternary nitrogens is 1. The molecule has 29 heavy (non-hydrogen) atoms. The van der Waals surface area contributed by atoms with Gasteiger partial charge in [0.1, 0.15) is 0 Å². The van der Waals surface area contributed by atoms with E-state index in [0.717, 1.165) is 45.7 Å². The lowest BCUT2D eigenvalue weighted by atomic mass is 9.99. The number of nitrogens with zero attached hydrogens (tertiary/aromatic N) is 2. The van der Waals surface area contributed by atoms with Gasteiger partial charge in [-0.05, 0) is 48.6 Å². The van der Waals surface area contributed by atoms with Gasteiger partial charge in [-0.15, -0.1) is 0 Å². The highest BCUT2D eigenvalue weighted by atomic mass is 16.2. The number of anilines is 1. The van der Waals surface area contributed by atoms with Crippen molar-refractivity contribution in [2.75, 3.05) is 50.7 Å². The largest absolute Gasteiger partial charge is 0.360 e. The lowest BCUT2D eigenvalue weighted by Gasteiger charge is -2.35. The second kappa shape index (κ2) is 8.83. The van der Waals surface area contributed by atoms with Gasteiger partial charge in [-0.25, -0.2) is 0 Å². The maximum Gasteiger partial charge on any atom is 0.278 e. The Hall–Kier alpha value is -2.59. The molecule has 0 aliphatic carbocycles. The molecule has 4 nitrogen and oxygen atoms in total. The first-order valence-electron chi connectivity index (χ1n) is 10.8.